The Morgan fingerprint density at radius 3 is 1.16 bits per heavy atom. The van der Waals surface area contributed by atoms with Crippen molar-refractivity contribution in [2.75, 3.05) is 41.0 Å². The molecule has 1 N–H and O–H groups in total. The number of carbonyl (C=O) groups is 3. The predicted octanol–water partition coefficient (Wildman–Crippen LogP) is 16.1. The number of esters is 2. The molecule has 0 fully saturated rings. The monoisotopic (exact) mass is 969 g/mol. The maximum Gasteiger partial charge on any atom is 0.362 e. The van der Waals surface area contributed by atoms with E-state index in [-0.39, 0.29) is 42.7 Å². The molecule has 0 aliphatic heterocycles. The van der Waals surface area contributed by atoms with Crippen molar-refractivity contribution in [2.24, 2.45) is 0 Å². The van der Waals surface area contributed by atoms with E-state index in [1.54, 1.807) is 0 Å². The summed E-state index contributed by atoms with van der Waals surface area (Å²) in [4.78, 5) is 37.2. The van der Waals surface area contributed by atoms with Crippen molar-refractivity contribution >= 4 is 17.9 Å². The summed E-state index contributed by atoms with van der Waals surface area (Å²) in [5, 5.41) is 9.67. The molecule has 0 aromatic heterocycles. The first kappa shape index (κ1) is 65.2. The van der Waals surface area contributed by atoms with E-state index in [4.69, 9.17) is 14.2 Å². The van der Waals surface area contributed by atoms with Crippen LogP contribution in [0.1, 0.15) is 174 Å². The van der Waals surface area contributed by atoms with Crippen molar-refractivity contribution in [2.45, 2.75) is 187 Å². The topological polar surface area (TPSA) is 99.1 Å². The van der Waals surface area contributed by atoms with Gasteiger partial charge in [-0.2, -0.15) is 0 Å². The van der Waals surface area contributed by atoms with E-state index in [0.29, 0.717) is 19.3 Å². The van der Waals surface area contributed by atoms with E-state index < -0.39 is 18.1 Å². The minimum Gasteiger partial charge on any atom is -0.477 e. The summed E-state index contributed by atoms with van der Waals surface area (Å²) in [6.07, 6.45) is 74.8. The van der Waals surface area contributed by atoms with E-state index in [1.165, 1.54) is 19.3 Å². The van der Waals surface area contributed by atoms with Crippen molar-refractivity contribution in [3.05, 3.63) is 146 Å². The molecule has 0 radical (unpaired) electrons. The summed E-state index contributed by atoms with van der Waals surface area (Å²) >= 11 is 0. The molecule has 0 aromatic carbocycles. The fourth-order valence-electron chi connectivity index (χ4n) is 6.93. The van der Waals surface area contributed by atoms with Crippen LogP contribution in [0.4, 0.5) is 0 Å². The number of allylic oxidation sites excluding steroid dienone is 24. The van der Waals surface area contributed by atoms with Gasteiger partial charge in [0, 0.05) is 19.3 Å². The fourth-order valence-corrected chi connectivity index (χ4v) is 6.93. The number of nitrogens with zero attached hydrogens (tertiary/aromatic N) is 1. The van der Waals surface area contributed by atoms with Crippen molar-refractivity contribution in [3.63, 3.8) is 0 Å². The van der Waals surface area contributed by atoms with E-state index in [1.807, 2.05) is 21.1 Å². The lowest BCUT2D eigenvalue weighted by molar-refractivity contribution is -0.887. The molecule has 8 heteroatoms. The smallest absolute Gasteiger partial charge is 0.362 e. The lowest BCUT2D eigenvalue weighted by atomic mass is 10.1. The van der Waals surface area contributed by atoms with E-state index in [9.17, 15) is 19.5 Å². The van der Waals surface area contributed by atoms with Gasteiger partial charge >= 0.3 is 17.9 Å². The van der Waals surface area contributed by atoms with Crippen molar-refractivity contribution in [1.29, 1.82) is 0 Å². The predicted molar refractivity (Wildman–Crippen MR) is 298 cm³/mol. The van der Waals surface area contributed by atoms with Crippen molar-refractivity contribution in [3.8, 4) is 0 Å². The van der Waals surface area contributed by atoms with Crippen LogP contribution in [0.3, 0.4) is 0 Å². The van der Waals surface area contributed by atoms with Gasteiger partial charge in [-0.15, -0.1) is 0 Å². The van der Waals surface area contributed by atoms with E-state index >= 15 is 0 Å². The average molecular weight is 969 g/mol. The highest BCUT2D eigenvalue weighted by Gasteiger charge is 2.31. The number of carboxylic acids is 1. The number of ether oxygens (including phenoxy) is 3. The molecule has 0 bridgehead atoms. The first-order valence-electron chi connectivity index (χ1n) is 26.9. The molecule has 0 saturated heterocycles. The average Bonchev–Trinajstić information content (AvgIpc) is 3.33. The van der Waals surface area contributed by atoms with Gasteiger partial charge in [-0.3, -0.25) is 9.59 Å². The molecule has 8 nitrogen and oxygen atoms in total. The number of aliphatic carboxylic acids is 1. The van der Waals surface area contributed by atoms with Crippen LogP contribution in [0.25, 0.3) is 0 Å². The minimum absolute atomic E-state index is 0.0233. The van der Waals surface area contributed by atoms with Gasteiger partial charge in [-0.1, -0.05) is 192 Å². The molecule has 70 heavy (non-hydrogen) atoms. The Morgan fingerprint density at radius 2 is 0.771 bits per heavy atom. The van der Waals surface area contributed by atoms with Crippen molar-refractivity contribution in [1.82, 2.24) is 0 Å². The third-order valence-electron chi connectivity index (χ3n) is 11.0. The highest BCUT2D eigenvalue weighted by atomic mass is 16.6. The Kier molecular flexibility index (Phi) is 47.1. The molecule has 0 saturated carbocycles. The zero-order valence-electron chi connectivity index (χ0n) is 44.7. The summed E-state index contributed by atoms with van der Waals surface area (Å²) in [6.45, 7) is 4.42. The van der Waals surface area contributed by atoms with Gasteiger partial charge in [0.2, 0.25) is 0 Å². The largest absolute Gasteiger partial charge is 0.477 e. The molecule has 0 amide bonds. The number of unbranched alkanes of at least 4 members (excludes halogenated alkanes) is 8. The number of hydrogen-bond acceptors (Lipinski definition) is 6. The third kappa shape index (κ3) is 48.2. The van der Waals surface area contributed by atoms with Gasteiger partial charge < -0.3 is 23.8 Å². The van der Waals surface area contributed by atoms with Crippen LogP contribution in [0, 0.1) is 0 Å². The molecule has 2 unspecified atom stereocenters. The van der Waals surface area contributed by atoms with Crippen molar-refractivity contribution < 1.29 is 38.2 Å². The van der Waals surface area contributed by atoms with E-state index in [0.717, 1.165) is 116 Å². The second kappa shape index (κ2) is 50.6. The van der Waals surface area contributed by atoms with Gasteiger partial charge in [0.25, 0.3) is 0 Å². The van der Waals surface area contributed by atoms with Crippen LogP contribution in [0.5, 0.6) is 0 Å². The Bertz CT molecular complexity index is 1650. The van der Waals surface area contributed by atoms with Gasteiger partial charge in [0.15, 0.2) is 12.1 Å². The normalized spacial score (nSPS) is 14.0. The van der Waals surface area contributed by atoms with Crippen LogP contribution < -0.4 is 0 Å². The Morgan fingerprint density at radius 1 is 0.429 bits per heavy atom. The summed E-state index contributed by atoms with van der Waals surface area (Å²) < 4.78 is 17.3. The number of carbonyl (C=O) groups excluding carboxylic acids is 2. The number of rotatable bonds is 46. The molecule has 0 spiro atoms. The molecule has 0 heterocycles. The second-order valence-electron chi connectivity index (χ2n) is 18.4. The Balaban J connectivity index is 4.39. The van der Waals surface area contributed by atoms with Crippen LogP contribution in [0.2, 0.25) is 0 Å². The van der Waals surface area contributed by atoms with Gasteiger partial charge in [-0.25, -0.2) is 4.79 Å². The maximum absolute atomic E-state index is 12.8. The number of quaternary nitrogens is 1. The van der Waals surface area contributed by atoms with Gasteiger partial charge in [-0.05, 0) is 109 Å². The number of likely N-dealkylation sites (N-methyl/N-ethyl adjacent to an activating group) is 1. The molecule has 2 atom stereocenters. The zero-order valence-corrected chi connectivity index (χ0v) is 44.7. The SMILES string of the molecule is CC/C=C/C/C=C/C/C=C/C/C=C/C/C=C/C/C=C/C/C=C/CCCC(=O)OC(COCCC(C(=O)O)[N+](C)(C)C)COC(=O)CCCCCCCCC/C=C/C/C=C/C/C=C/C/C=C/C/C=C/CC. The highest BCUT2D eigenvalue weighted by Crippen LogP contribution is 2.13. The lowest BCUT2D eigenvalue weighted by Crippen LogP contribution is -2.50. The molecule has 0 aromatic rings. The minimum atomic E-state index is -0.892. The van der Waals surface area contributed by atoms with Gasteiger partial charge in [0.1, 0.15) is 6.61 Å². The molecular weight excluding hydrogens is 871 g/mol. The summed E-state index contributed by atoms with van der Waals surface area (Å²) in [7, 11) is 5.50. The van der Waals surface area contributed by atoms with Crippen LogP contribution in [-0.2, 0) is 28.6 Å². The summed E-state index contributed by atoms with van der Waals surface area (Å²) in [5.41, 5.74) is 0. The third-order valence-corrected chi connectivity index (χ3v) is 11.0. The first-order valence-corrected chi connectivity index (χ1v) is 26.9. The second-order valence-corrected chi connectivity index (χ2v) is 18.4. The first-order chi connectivity index (χ1) is 34.1. The molecule has 0 rings (SSSR count). The van der Waals surface area contributed by atoms with Gasteiger partial charge in [0.05, 0.1) is 34.4 Å². The quantitative estimate of drug-likeness (QED) is 0.0281. The maximum atomic E-state index is 12.8. The molecule has 0 aliphatic rings. The molecule has 0 aliphatic carbocycles. The Hall–Kier alpha value is -4.79. The Labute approximate surface area is 427 Å². The molecule has 392 valence electrons. The standard InChI is InChI=1S/C62H97NO7/c1-6-8-10-12-14-16-18-20-22-24-26-28-30-32-34-36-38-40-42-44-46-48-50-52-60(64)69-57-58(56-68-55-54-59(62(66)67)63(3,4)5)70-61(65)53-51-49-47-45-43-41-39-37-35-33-31-29-27-25-23-21-19-17-15-13-11-9-7-2/h8-11,14-17,20-23,26-29,32-35,39,41,45,47,58-59H,6-7,12-13,18-19,24-25,30-31,36-38,40,42-44,46,48-57H2,1-5H3/p+1/b10-8+,11-9+,16-14+,17-15+,22-20+,23-21+,28-26+,29-27+,34-32+,35-33+,41-39+,47-45+. The summed E-state index contributed by atoms with van der Waals surface area (Å²) in [6, 6.07) is -0.638. The van der Waals surface area contributed by atoms with Crippen LogP contribution in [0.15, 0.2) is 146 Å². The zero-order chi connectivity index (χ0) is 51.3. The molecular formula is C62H98NO7+. The summed E-state index contributed by atoms with van der Waals surface area (Å²) in [5.74, 6) is -1.58. The number of hydrogen-bond donors (Lipinski definition) is 1. The van der Waals surface area contributed by atoms with E-state index in [2.05, 4.69) is 160 Å². The number of carboxylic acid groups (broad SMARTS) is 1. The fraction of sp³-hybridized carbons (Fsp3) is 0.565. The highest BCUT2D eigenvalue weighted by molar-refractivity contribution is 5.72. The lowest BCUT2D eigenvalue weighted by Gasteiger charge is -2.31. The van der Waals surface area contributed by atoms with Crippen LogP contribution in [-0.4, -0.2) is 80.6 Å². The van der Waals surface area contributed by atoms with Crippen LogP contribution >= 0.6 is 0 Å².